The summed E-state index contributed by atoms with van der Waals surface area (Å²) in [6.07, 6.45) is 4.73. The van der Waals surface area contributed by atoms with Crippen LogP contribution in [-0.2, 0) is 6.42 Å². The van der Waals surface area contributed by atoms with Crippen molar-refractivity contribution in [2.24, 2.45) is 5.73 Å². The third-order valence-corrected chi connectivity index (χ3v) is 4.20. The van der Waals surface area contributed by atoms with Gasteiger partial charge in [0.2, 0.25) is 0 Å². The number of carbonyl (C=O) groups is 1. The number of hydrogen-bond donors (Lipinski definition) is 2. The highest BCUT2D eigenvalue weighted by atomic mass is 35.5. The van der Waals surface area contributed by atoms with E-state index in [0.717, 1.165) is 19.3 Å². The zero-order chi connectivity index (χ0) is 15.0. The fourth-order valence-corrected chi connectivity index (χ4v) is 3.25. The topological polar surface area (TPSA) is 71.9 Å². The number of nitrogens with zero attached hydrogens (tertiary/aromatic N) is 1. The summed E-state index contributed by atoms with van der Waals surface area (Å²) in [7, 11) is 0. The number of primary amides is 1. The predicted molar refractivity (Wildman–Crippen MR) is 81.3 cm³/mol. The number of hydrogen-bond acceptors (Lipinski definition) is 2. The molecule has 3 rings (SSSR count). The Morgan fingerprint density at radius 1 is 1.38 bits per heavy atom. The summed E-state index contributed by atoms with van der Waals surface area (Å²) in [5, 5.41) is 8.67. The maximum absolute atomic E-state index is 11.5. The summed E-state index contributed by atoms with van der Waals surface area (Å²) in [6.45, 7) is 0. The summed E-state index contributed by atoms with van der Waals surface area (Å²) < 4.78 is 1.76. The van der Waals surface area contributed by atoms with Gasteiger partial charge in [-0.1, -0.05) is 35.9 Å². The van der Waals surface area contributed by atoms with E-state index in [4.69, 9.17) is 22.7 Å². The lowest BCUT2D eigenvalue weighted by molar-refractivity contribution is 0.0997. The largest absolute Gasteiger partial charge is 0.365 e. The van der Waals surface area contributed by atoms with Crippen molar-refractivity contribution in [3.8, 4) is 0 Å². The number of fused-ring (bicyclic) bond motifs is 1. The third-order valence-electron chi connectivity index (χ3n) is 4.00. The standard InChI is InChI=1S/C16H16ClN3O/c17-11-8-13(16(19)21)15(18)20(9-11)14-7-3-5-10-4-1-2-6-12(10)14/h1-2,4,6,8-9,14,18H,3,5,7H2,(H2,19,21). The van der Waals surface area contributed by atoms with Crippen LogP contribution in [0.4, 0.5) is 0 Å². The average Bonchev–Trinajstić information content (AvgIpc) is 2.48. The van der Waals surface area contributed by atoms with E-state index >= 15 is 0 Å². The van der Waals surface area contributed by atoms with Gasteiger partial charge >= 0.3 is 0 Å². The first-order valence-corrected chi connectivity index (χ1v) is 7.29. The molecule has 0 aliphatic heterocycles. The number of aryl methyl sites for hydroxylation is 1. The number of rotatable bonds is 2. The highest BCUT2D eigenvalue weighted by Gasteiger charge is 2.22. The first-order valence-electron chi connectivity index (χ1n) is 6.92. The Bertz CT molecular complexity index is 766. The highest BCUT2D eigenvalue weighted by molar-refractivity contribution is 6.30. The van der Waals surface area contributed by atoms with Crippen LogP contribution in [0, 0.1) is 5.41 Å². The summed E-state index contributed by atoms with van der Waals surface area (Å²) >= 11 is 6.10. The van der Waals surface area contributed by atoms with Crippen LogP contribution >= 0.6 is 11.6 Å². The average molecular weight is 302 g/mol. The van der Waals surface area contributed by atoms with E-state index in [0.29, 0.717) is 5.02 Å². The van der Waals surface area contributed by atoms with Gasteiger partial charge in [0.1, 0.15) is 5.49 Å². The van der Waals surface area contributed by atoms with E-state index in [1.807, 2.05) is 12.1 Å². The maximum Gasteiger partial charge on any atom is 0.252 e. The molecule has 0 saturated carbocycles. The molecule has 3 N–H and O–H groups in total. The van der Waals surface area contributed by atoms with Crippen molar-refractivity contribution in [3.63, 3.8) is 0 Å². The Labute approximate surface area is 127 Å². The molecule has 0 bridgehead atoms. The van der Waals surface area contributed by atoms with Gasteiger partial charge in [-0.15, -0.1) is 0 Å². The van der Waals surface area contributed by atoms with Crippen molar-refractivity contribution in [1.29, 1.82) is 5.41 Å². The first kappa shape index (κ1) is 13.9. The fourth-order valence-electron chi connectivity index (χ4n) is 3.03. The van der Waals surface area contributed by atoms with Gasteiger partial charge in [0, 0.05) is 6.20 Å². The van der Waals surface area contributed by atoms with Gasteiger partial charge in [-0.2, -0.15) is 0 Å². The summed E-state index contributed by atoms with van der Waals surface area (Å²) in [6, 6.07) is 9.71. The van der Waals surface area contributed by atoms with Crippen LogP contribution in [0.5, 0.6) is 0 Å². The van der Waals surface area contributed by atoms with Crippen LogP contribution in [0.25, 0.3) is 0 Å². The van der Waals surface area contributed by atoms with Crippen molar-refractivity contribution in [2.45, 2.75) is 25.3 Å². The molecule has 5 heteroatoms. The summed E-state index contributed by atoms with van der Waals surface area (Å²) in [4.78, 5) is 11.5. The zero-order valence-corrected chi connectivity index (χ0v) is 12.2. The second-order valence-electron chi connectivity index (χ2n) is 5.30. The highest BCUT2D eigenvalue weighted by Crippen LogP contribution is 2.32. The smallest absolute Gasteiger partial charge is 0.252 e. The second-order valence-corrected chi connectivity index (χ2v) is 5.74. The predicted octanol–water partition coefficient (Wildman–Crippen LogP) is 2.65. The minimum Gasteiger partial charge on any atom is -0.365 e. The second kappa shape index (κ2) is 5.37. The number of aromatic nitrogens is 1. The Morgan fingerprint density at radius 3 is 2.90 bits per heavy atom. The molecule has 1 aromatic heterocycles. The quantitative estimate of drug-likeness (QED) is 0.879. The van der Waals surface area contributed by atoms with Gasteiger partial charge in [0.15, 0.2) is 0 Å². The molecule has 4 nitrogen and oxygen atoms in total. The van der Waals surface area contributed by atoms with Crippen molar-refractivity contribution < 1.29 is 4.79 Å². The van der Waals surface area contributed by atoms with Gasteiger partial charge < -0.3 is 10.3 Å². The molecule has 1 aliphatic carbocycles. The minimum atomic E-state index is -0.625. The number of nitrogens with two attached hydrogens (primary N) is 1. The molecule has 0 spiro atoms. The first-order chi connectivity index (χ1) is 10.1. The molecule has 1 unspecified atom stereocenters. The molecule has 0 fully saturated rings. The van der Waals surface area contributed by atoms with Crippen LogP contribution < -0.4 is 11.2 Å². The Hall–Kier alpha value is -2.07. The lowest BCUT2D eigenvalue weighted by Gasteiger charge is -2.28. The maximum atomic E-state index is 11.5. The molecule has 2 aromatic rings. The van der Waals surface area contributed by atoms with Crippen LogP contribution in [0.3, 0.4) is 0 Å². The molecule has 1 heterocycles. The van der Waals surface area contributed by atoms with Crippen molar-refractivity contribution in [3.05, 3.63) is 63.7 Å². The summed E-state index contributed by atoms with van der Waals surface area (Å²) in [5.74, 6) is -0.625. The minimum absolute atomic E-state index is 0.0271. The molecular weight excluding hydrogens is 286 g/mol. The molecule has 1 amide bonds. The van der Waals surface area contributed by atoms with Gasteiger partial charge in [0.25, 0.3) is 5.91 Å². The monoisotopic (exact) mass is 301 g/mol. The molecular formula is C16H16ClN3O. The number of pyridine rings is 1. The molecule has 21 heavy (non-hydrogen) atoms. The van der Waals surface area contributed by atoms with Crippen LogP contribution in [0.2, 0.25) is 5.02 Å². The lowest BCUT2D eigenvalue weighted by Crippen LogP contribution is -2.33. The molecule has 1 aliphatic rings. The van der Waals surface area contributed by atoms with Gasteiger partial charge in [-0.3, -0.25) is 10.2 Å². The van der Waals surface area contributed by atoms with E-state index in [-0.39, 0.29) is 17.1 Å². The number of nitrogens with one attached hydrogen (secondary N) is 1. The van der Waals surface area contributed by atoms with E-state index in [1.165, 1.54) is 17.2 Å². The van der Waals surface area contributed by atoms with Gasteiger partial charge in [0.05, 0.1) is 16.6 Å². The van der Waals surface area contributed by atoms with E-state index < -0.39 is 5.91 Å². The normalized spacial score (nSPS) is 17.3. The van der Waals surface area contributed by atoms with Gasteiger partial charge in [-0.25, -0.2) is 0 Å². The van der Waals surface area contributed by atoms with E-state index in [9.17, 15) is 4.79 Å². The summed E-state index contributed by atoms with van der Waals surface area (Å²) in [5.41, 5.74) is 8.11. The molecule has 0 saturated heterocycles. The molecule has 1 atom stereocenters. The fraction of sp³-hybridized carbons (Fsp3) is 0.250. The Morgan fingerprint density at radius 2 is 2.14 bits per heavy atom. The van der Waals surface area contributed by atoms with Crippen LogP contribution in [0.15, 0.2) is 36.5 Å². The van der Waals surface area contributed by atoms with Crippen molar-refractivity contribution in [2.75, 3.05) is 0 Å². The van der Waals surface area contributed by atoms with Gasteiger partial charge in [-0.05, 0) is 36.5 Å². The SMILES string of the molecule is N=c1c(C(N)=O)cc(Cl)cn1C1CCCc2ccccc21. The van der Waals surface area contributed by atoms with Crippen molar-refractivity contribution in [1.82, 2.24) is 4.57 Å². The zero-order valence-electron chi connectivity index (χ0n) is 11.5. The number of amides is 1. The third kappa shape index (κ3) is 2.47. The Balaban J connectivity index is 2.19. The van der Waals surface area contributed by atoms with E-state index in [1.54, 1.807) is 10.8 Å². The number of halogens is 1. The Kier molecular flexibility index (Phi) is 3.55. The van der Waals surface area contributed by atoms with E-state index in [2.05, 4.69) is 12.1 Å². The van der Waals surface area contributed by atoms with Crippen LogP contribution in [0.1, 0.15) is 40.4 Å². The number of benzene rings is 1. The van der Waals surface area contributed by atoms with Crippen molar-refractivity contribution >= 4 is 17.5 Å². The number of carbonyl (C=O) groups excluding carboxylic acids is 1. The molecule has 0 radical (unpaired) electrons. The molecule has 108 valence electrons. The van der Waals surface area contributed by atoms with Crippen LogP contribution in [-0.4, -0.2) is 10.5 Å². The lowest BCUT2D eigenvalue weighted by atomic mass is 9.87. The molecule has 1 aromatic carbocycles.